The van der Waals surface area contributed by atoms with E-state index in [4.69, 9.17) is 9.47 Å². The molecule has 120 valence electrons. The number of benzene rings is 3. The first-order chi connectivity index (χ1) is 11.8. The van der Waals surface area contributed by atoms with Gasteiger partial charge in [0.2, 0.25) is 0 Å². The van der Waals surface area contributed by atoms with Gasteiger partial charge in [0.05, 0.1) is 0 Å². The second-order valence-corrected chi connectivity index (χ2v) is 5.40. The van der Waals surface area contributed by atoms with Crippen molar-refractivity contribution in [2.75, 3.05) is 0 Å². The Morgan fingerprint density at radius 1 is 0.667 bits per heavy atom. The van der Waals surface area contributed by atoms with Crippen molar-refractivity contribution in [1.82, 2.24) is 0 Å². The fraction of sp³-hybridized carbons (Fsp3) is 0.0952. The summed E-state index contributed by atoms with van der Waals surface area (Å²) in [6, 6.07) is 25.0. The second-order valence-electron chi connectivity index (χ2n) is 5.40. The Labute approximate surface area is 141 Å². The molecule has 0 aliphatic heterocycles. The van der Waals surface area contributed by atoms with E-state index in [-0.39, 0.29) is 0 Å². The molecular formula is C21H18O3. The number of rotatable bonds is 7. The molecule has 0 fully saturated rings. The molecular weight excluding hydrogens is 300 g/mol. The standard InChI is InChI=1S/C21H18O3/c22-14-19-11-20(23-15-17-7-3-1-4-8-17)13-21(12-19)24-16-18-9-5-2-6-10-18/h1-14H,15-16H2. The summed E-state index contributed by atoms with van der Waals surface area (Å²) in [6.07, 6.45) is 0.796. The maximum atomic E-state index is 11.1. The number of carbonyl (C=O) groups is 1. The highest BCUT2D eigenvalue weighted by molar-refractivity contribution is 5.76. The van der Waals surface area contributed by atoms with Gasteiger partial charge in [-0.2, -0.15) is 0 Å². The Kier molecular flexibility index (Phi) is 5.25. The van der Waals surface area contributed by atoms with Gasteiger partial charge in [0.25, 0.3) is 0 Å². The summed E-state index contributed by atoms with van der Waals surface area (Å²) in [6.45, 7) is 0.891. The summed E-state index contributed by atoms with van der Waals surface area (Å²) in [5.41, 5.74) is 2.67. The molecule has 0 aromatic heterocycles. The SMILES string of the molecule is O=Cc1cc(OCc2ccccc2)cc(OCc2ccccc2)c1. The first-order valence-corrected chi connectivity index (χ1v) is 7.77. The monoisotopic (exact) mass is 318 g/mol. The summed E-state index contributed by atoms with van der Waals surface area (Å²) in [4.78, 5) is 11.1. The van der Waals surface area contributed by atoms with Crippen LogP contribution in [0.15, 0.2) is 78.9 Å². The lowest BCUT2D eigenvalue weighted by atomic mass is 10.2. The zero-order valence-electron chi connectivity index (χ0n) is 13.2. The van der Waals surface area contributed by atoms with Crippen LogP contribution in [0.1, 0.15) is 21.5 Å². The number of ether oxygens (including phenoxy) is 2. The quantitative estimate of drug-likeness (QED) is 0.595. The molecule has 0 atom stereocenters. The molecule has 3 aromatic rings. The van der Waals surface area contributed by atoms with Crippen molar-refractivity contribution in [3.05, 3.63) is 95.6 Å². The molecule has 3 nitrogen and oxygen atoms in total. The van der Waals surface area contributed by atoms with Gasteiger partial charge in [-0.25, -0.2) is 0 Å². The largest absolute Gasteiger partial charge is 0.489 e. The van der Waals surface area contributed by atoms with E-state index < -0.39 is 0 Å². The van der Waals surface area contributed by atoms with Crippen LogP contribution in [-0.2, 0) is 13.2 Å². The lowest BCUT2D eigenvalue weighted by Gasteiger charge is -2.11. The van der Waals surface area contributed by atoms with E-state index in [1.165, 1.54) is 0 Å². The lowest BCUT2D eigenvalue weighted by molar-refractivity contribution is 0.112. The lowest BCUT2D eigenvalue weighted by Crippen LogP contribution is -1.99. The van der Waals surface area contributed by atoms with E-state index in [9.17, 15) is 4.79 Å². The smallest absolute Gasteiger partial charge is 0.150 e. The van der Waals surface area contributed by atoms with E-state index in [0.29, 0.717) is 30.3 Å². The van der Waals surface area contributed by atoms with Crippen molar-refractivity contribution >= 4 is 6.29 Å². The van der Waals surface area contributed by atoms with Gasteiger partial charge in [0.1, 0.15) is 31.0 Å². The molecule has 3 heteroatoms. The van der Waals surface area contributed by atoms with Gasteiger partial charge >= 0.3 is 0 Å². The molecule has 0 radical (unpaired) electrons. The van der Waals surface area contributed by atoms with Crippen LogP contribution in [0.3, 0.4) is 0 Å². The number of hydrogen-bond donors (Lipinski definition) is 0. The fourth-order valence-corrected chi connectivity index (χ4v) is 2.31. The molecule has 0 aliphatic carbocycles. The van der Waals surface area contributed by atoms with Crippen LogP contribution in [0, 0.1) is 0 Å². The maximum Gasteiger partial charge on any atom is 0.150 e. The third kappa shape index (κ3) is 4.46. The van der Waals surface area contributed by atoms with Crippen molar-refractivity contribution < 1.29 is 14.3 Å². The van der Waals surface area contributed by atoms with Crippen LogP contribution in [0.2, 0.25) is 0 Å². The van der Waals surface area contributed by atoms with Gasteiger partial charge in [-0.1, -0.05) is 60.7 Å². The Morgan fingerprint density at radius 3 is 1.54 bits per heavy atom. The predicted molar refractivity (Wildman–Crippen MR) is 93.4 cm³/mol. The number of aldehydes is 1. The van der Waals surface area contributed by atoms with Crippen molar-refractivity contribution in [1.29, 1.82) is 0 Å². The van der Waals surface area contributed by atoms with Crippen LogP contribution >= 0.6 is 0 Å². The third-order valence-corrected chi connectivity index (χ3v) is 3.54. The molecule has 3 rings (SSSR count). The molecule has 0 spiro atoms. The molecule has 0 heterocycles. The molecule has 3 aromatic carbocycles. The van der Waals surface area contributed by atoms with E-state index in [1.54, 1.807) is 18.2 Å². The first kappa shape index (κ1) is 15.8. The summed E-state index contributed by atoms with van der Waals surface area (Å²) >= 11 is 0. The Morgan fingerprint density at radius 2 is 1.12 bits per heavy atom. The Balaban J connectivity index is 1.69. The van der Waals surface area contributed by atoms with E-state index in [0.717, 1.165) is 17.4 Å². The summed E-state index contributed by atoms with van der Waals surface area (Å²) in [7, 11) is 0. The summed E-state index contributed by atoms with van der Waals surface area (Å²) in [5, 5.41) is 0. The topological polar surface area (TPSA) is 35.5 Å². The predicted octanol–water partition coefficient (Wildman–Crippen LogP) is 4.66. The van der Waals surface area contributed by atoms with E-state index in [1.807, 2.05) is 60.7 Å². The van der Waals surface area contributed by atoms with Crippen LogP contribution < -0.4 is 9.47 Å². The zero-order valence-corrected chi connectivity index (χ0v) is 13.2. The van der Waals surface area contributed by atoms with Crippen LogP contribution in [0.25, 0.3) is 0 Å². The van der Waals surface area contributed by atoms with Crippen molar-refractivity contribution in [2.45, 2.75) is 13.2 Å². The van der Waals surface area contributed by atoms with Crippen molar-refractivity contribution in [3.63, 3.8) is 0 Å². The highest BCUT2D eigenvalue weighted by atomic mass is 16.5. The average molecular weight is 318 g/mol. The summed E-state index contributed by atoms with van der Waals surface area (Å²) < 4.78 is 11.6. The second kappa shape index (κ2) is 7.97. The highest BCUT2D eigenvalue weighted by Crippen LogP contribution is 2.24. The number of hydrogen-bond acceptors (Lipinski definition) is 3. The van der Waals surface area contributed by atoms with Crippen molar-refractivity contribution in [3.8, 4) is 11.5 Å². The minimum Gasteiger partial charge on any atom is -0.489 e. The normalized spacial score (nSPS) is 10.2. The van der Waals surface area contributed by atoms with Gasteiger partial charge in [-0.3, -0.25) is 4.79 Å². The number of carbonyl (C=O) groups excluding carboxylic acids is 1. The molecule has 0 aliphatic rings. The van der Waals surface area contributed by atoms with Gasteiger partial charge in [0.15, 0.2) is 0 Å². The zero-order chi connectivity index (χ0) is 16.6. The molecule has 0 N–H and O–H groups in total. The Bertz CT molecular complexity index is 721. The fourth-order valence-electron chi connectivity index (χ4n) is 2.31. The molecule has 0 bridgehead atoms. The van der Waals surface area contributed by atoms with Gasteiger partial charge < -0.3 is 9.47 Å². The molecule has 0 amide bonds. The molecule has 0 saturated heterocycles. The van der Waals surface area contributed by atoms with Crippen LogP contribution in [0.4, 0.5) is 0 Å². The molecule has 24 heavy (non-hydrogen) atoms. The van der Waals surface area contributed by atoms with Crippen molar-refractivity contribution in [2.24, 2.45) is 0 Å². The van der Waals surface area contributed by atoms with E-state index >= 15 is 0 Å². The average Bonchev–Trinajstić information content (AvgIpc) is 2.66. The van der Waals surface area contributed by atoms with Gasteiger partial charge in [-0.15, -0.1) is 0 Å². The molecule has 0 saturated carbocycles. The van der Waals surface area contributed by atoms with E-state index in [2.05, 4.69) is 0 Å². The maximum absolute atomic E-state index is 11.1. The third-order valence-electron chi connectivity index (χ3n) is 3.54. The highest BCUT2D eigenvalue weighted by Gasteiger charge is 2.04. The Hall–Kier alpha value is -3.07. The van der Waals surface area contributed by atoms with Crippen LogP contribution in [-0.4, -0.2) is 6.29 Å². The molecule has 0 unspecified atom stereocenters. The van der Waals surface area contributed by atoms with Gasteiger partial charge in [-0.05, 0) is 23.3 Å². The minimum absolute atomic E-state index is 0.446. The minimum atomic E-state index is 0.446. The van der Waals surface area contributed by atoms with Crippen LogP contribution in [0.5, 0.6) is 11.5 Å². The van der Waals surface area contributed by atoms with Gasteiger partial charge in [0, 0.05) is 11.6 Å². The summed E-state index contributed by atoms with van der Waals surface area (Å²) in [5.74, 6) is 1.23. The first-order valence-electron chi connectivity index (χ1n) is 7.77.